The maximum Gasteiger partial charge on any atom is 0.345 e. The van der Waals surface area contributed by atoms with Crippen molar-refractivity contribution in [1.29, 1.82) is 0 Å². The van der Waals surface area contributed by atoms with E-state index >= 15 is 0 Å². The number of fused-ring (bicyclic) bond motifs is 1. The summed E-state index contributed by atoms with van der Waals surface area (Å²) in [5, 5.41) is 5.80. The topological polar surface area (TPSA) is 47.6 Å². The summed E-state index contributed by atoms with van der Waals surface area (Å²) in [6.07, 6.45) is 0. The number of hydrogen-bond donors (Lipinski definition) is 1. The number of esters is 1. The number of anilines is 1. The molecule has 0 heterocycles. The monoisotopic (exact) mass is 487 g/mol. The summed E-state index contributed by atoms with van der Waals surface area (Å²) in [5.74, 6) is -0.476. The quantitative estimate of drug-likeness (QED) is 0.222. The van der Waals surface area contributed by atoms with Gasteiger partial charge in [-0.3, -0.25) is 0 Å². The van der Waals surface area contributed by atoms with Crippen LogP contribution in [0.1, 0.15) is 22.7 Å². The third-order valence-electron chi connectivity index (χ3n) is 6.65. The summed E-state index contributed by atoms with van der Waals surface area (Å²) in [5.41, 5.74) is 1.99. The van der Waals surface area contributed by atoms with Crippen molar-refractivity contribution in [2.45, 2.75) is 18.2 Å². The highest BCUT2D eigenvalue weighted by Crippen LogP contribution is 2.43. The van der Waals surface area contributed by atoms with E-state index in [0.29, 0.717) is 5.56 Å². The van der Waals surface area contributed by atoms with E-state index in [-0.39, 0.29) is 6.61 Å². The van der Waals surface area contributed by atoms with Crippen LogP contribution in [0.3, 0.4) is 0 Å². The first-order valence-corrected chi connectivity index (χ1v) is 12.3. The molecule has 0 aliphatic carbocycles. The van der Waals surface area contributed by atoms with Crippen LogP contribution < -0.4 is 5.32 Å². The molecule has 0 aliphatic heterocycles. The van der Waals surface area contributed by atoms with Gasteiger partial charge in [-0.2, -0.15) is 0 Å². The number of methoxy groups -OCH3 is 1. The van der Waals surface area contributed by atoms with Crippen molar-refractivity contribution in [3.63, 3.8) is 0 Å². The summed E-state index contributed by atoms with van der Waals surface area (Å²) in [6, 6.07) is 43.1. The summed E-state index contributed by atoms with van der Waals surface area (Å²) in [4.78, 5) is 13.9. The van der Waals surface area contributed by atoms with Crippen LogP contribution in [-0.2, 0) is 26.5 Å². The Morgan fingerprint density at radius 3 is 2.03 bits per heavy atom. The van der Waals surface area contributed by atoms with Crippen molar-refractivity contribution in [2.24, 2.45) is 0 Å². The van der Waals surface area contributed by atoms with Crippen molar-refractivity contribution in [3.8, 4) is 0 Å². The van der Waals surface area contributed by atoms with E-state index in [2.05, 4.69) is 23.5 Å². The average molecular weight is 488 g/mol. The highest BCUT2D eigenvalue weighted by molar-refractivity contribution is 5.86. The molecular formula is C33H29NO3. The van der Waals surface area contributed by atoms with Gasteiger partial charge in [-0.15, -0.1) is 0 Å². The van der Waals surface area contributed by atoms with E-state index in [1.54, 1.807) is 0 Å². The molecule has 4 nitrogen and oxygen atoms in total. The third kappa shape index (κ3) is 4.97. The molecule has 5 aromatic rings. The molecule has 2 atom stereocenters. The molecule has 184 valence electrons. The van der Waals surface area contributed by atoms with Gasteiger partial charge in [0.25, 0.3) is 0 Å². The van der Waals surface area contributed by atoms with Crippen molar-refractivity contribution in [3.05, 3.63) is 150 Å². The Kier molecular flexibility index (Phi) is 7.29. The Bertz CT molecular complexity index is 1450. The molecule has 1 N–H and O–H groups in total. The maximum absolute atomic E-state index is 13.9. The largest absolute Gasteiger partial charge is 0.467 e. The molecule has 4 heteroatoms. The lowest BCUT2D eigenvalue weighted by atomic mass is 9.81. The highest BCUT2D eigenvalue weighted by Gasteiger charge is 2.51. The van der Waals surface area contributed by atoms with E-state index in [9.17, 15) is 4.79 Å². The molecule has 0 aliphatic rings. The van der Waals surface area contributed by atoms with E-state index in [1.807, 2.05) is 115 Å². The first-order valence-electron chi connectivity index (χ1n) is 12.3. The highest BCUT2D eigenvalue weighted by atomic mass is 16.6. The van der Waals surface area contributed by atoms with Gasteiger partial charge in [0.1, 0.15) is 0 Å². The van der Waals surface area contributed by atoms with Crippen molar-refractivity contribution >= 4 is 22.4 Å². The zero-order valence-electron chi connectivity index (χ0n) is 20.7. The first kappa shape index (κ1) is 24.3. The standard InChI is InChI=1S/C33H29NO3/c1-36-32(35)33(28-19-7-3-8-20-28,37-24-27-18-13-17-25-14-11-12-23-30(25)27)31(26-15-5-2-6-16-26)34-29-21-9-4-10-22-29/h2-23,31,34H,24H2,1H3/t31-,33-/m0/s1. The Morgan fingerprint density at radius 1 is 0.730 bits per heavy atom. The van der Waals surface area contributed by atoms with Gasteiger partial charge in [-0.25, -0.2) is 4.79 Å². The second-order valence-electron chi connectivity index (χ2n) is 8.87. The molecule has 0 spiro atoms. The molecule has 0 amide bonds. The number of benzene rings is 5. The SMILES string of the molecule is COC(=O)[C@](OCc1cccc2ccccc12)(c1ccccc1)[C@@H](Nc1ccccc1)c1ccccc1. The van der Waals surface area contributed by atoms with Crippen LogP contribution in [0.15, 0.2) is 133 Å². The number of hydrogen-bond acceptors (Lipinski definition) is 4. The van der Waals surface area contributed by atoms with Crippen molar-refractivity contribution < 1.29 is 14.3 Å². The van der Waals surface area contributed by atoms with Crippen molar-refractivity contribution in [2.75, 3.05) is 12.4 Å². The van der Waals surface area contributed by atoms with Crippen LogP contribution in [0, 0.1) is 0 Å². The Hall–Kier alpha value is -4.41. The number of carbonyl (C=O) groups excluding carboxylic acids is 1. The normalized spacial score (nSPS) is 13.4. The van der Waals surface area contributed by atoms with Crippen LogP contribution >= 0.6 is 0 Å². The number of ether oxygens (including phenoxy) is 2. The Balaban J connectivity index is 1.68. The van der Waals surface area contributed by atoms with Gasteiger partial charge in [0.05, 0.1) is 19.8 Å². The fourth-order valence-electron chi connectivity index (χ4n) is 4.84. The van der Waals surface area contributed by atoms with Gasteiger partial charge >= 0.3 is 5.97 Å². The summed E-state index contributed by atoms with van der Waals surface area (Å²) in [7, 11) is 1.41. The number of nitrogens with one attached hydrogen (secondary N) is 1. The number of carbonyl (C=O) groups is 1. The van der Waals surface area contributed by atoms with Crippen LogP contribution in [0.5, 0.6) is 0 Å². The van der Waals surface area contributed by atoms with Gasteiger partial charge in [-0.05, 0) is 39.6 Å². The molecule has 5 aromatic carbocycles. The molecule has 0 aromatic heterocycles. The van der Waals surface area contributed by atoms with Crippen LogP contribution in [0.2, 0.25) is 0 Å². The van der Waals surface area contributed by atoms with Gasteiger partial charge in [0, 0.05) is 5.69 Å². The minimum absolute atomic E-state index is 0.213. The first-order chi connectivity index (χ1) is 18.2. The van der Waals surface area contributed by atoms with Gasteiger partial charge in [0.2, 0.25) is 5.60 Å². The molecule has 0 unspecified atom stereocenters. The summed E-state index contributed by atoms with van der Waals surface area (Å²) in [6.45, 7) is 0.213. The van der Waals surface area contributed by atoms with Gasteiger partial charge < -0.3 is 14.8 Å². The van der Waals surface area contributed by atoms with E-state index < -0.39 is 17.6 Å². The molecule has 0 bridgehead atoms. The lowest BCUT2D eigenvalue weighted by Crippen LogP contribution is -2.48. The second-order valence-corrected chi connectivity index (χ2v) is 8.87. The van der Waals surface area contributed by atoms with E-state index in [4.69, 9.17) is 9.47 Å². The zero-order valence-corrected chi connectivity index (χ0v) is 20.7. The minimum atomic E-state index is -1.48. The van der Waals surface area contributed by atoms with Crippen LogP contribution in [0.4, 0.5) is 5.69 Å². The predicted molar refractivity (Wildman–Crippen MR) is 148 cm³/mol. The maximum atomic E-state index is 13.9. The molecule has 0 fully saturated rings. The Morgan fingerprint density at radius 2 is 1.32 bits per heavy atom. The summed E-state index contributed by atoms with van der Waals surface area (Å²) < 4.78 is 12.3. The van der Waals surface area contributed by atoms with Crippen LogP contribution in [0.25, 0.3) is 10.8 Å². The molecule has 37 heavy (non-hydrogen) atoms. The lowest BCUT2D eigenvalue weighted by molar-refractivity contribution is -0.177. The molecule has 0 radical (unpaired) electrons. The van der Waals surface area contributed by atoms with Crippen LogP contribution in [-0.4, -0.2) is 13.1 Å². The predicted octanol–water partition coefficient (Wildman–Crippen LogP) is 7.28. The minimum Gasteiger partial charge on any atom is -0.467 e. The molecular weight excluding hydrogens is 458 g/mol. The Labute approximate surface area is 217 Å². The number of para-hydroxylation sites is 1. The summed E-state index contributed by atoms with van der Waals surface area (Å²) >= 11 is 0. The molecule has 5 rings (SSSR count). The zero-order chi connectivity index (χ0) is 25.5. The smallest absolute Gasteiger partial charge is 0.345 e. The third-order valence-corrected chi connectivity index (χ3v) is 6.65. The van der Waals surface area contributed by atoms with E-state index in [0.717, 1.165) is 27.6 Å². The molecule has 0 saturated carbocycles. The van der Waals surface area contributed by atoms with Gasteiger partial charge in [-0.1, -0.05) is 121 Å². The fourth-order valence-corrected chi connectivity index (χ4v) is 4.84. The number of rotatable bonds is 9. The lowest BCUT2D eigenvalue weighted by Gasteiger charge is -2.39. The molecule has 0 saturated heterocycles. The fraction of sp³-hybridized carbons (Fsp3) is 0.121. The second kappa shape index (κ2) is 11.1. The van der Waals surface area contributed by atoms with Crippen molar-refractivity contribution in [1.82, 2.24) is 0 Å². The average Bonchev–Trinajstić information content (AvgIpc) is 2.98. The van der Waals surface area contributed by atoms with Gasteiger partial charge in [0.15, 0.2) is 0 Å². The van der Waals surface area contributed by atoms with E-state index in [1.165, 1.54) is 7.11 Å².